The molecule has 1 saturated carbocycles. The summed E-state index contributed by atoms with van der Waals surface area (Å²) in [5.41, 5.74) is 2.05. The molecule has 0 atom stereocenters. The average Bonchev–Trinajstić information content (AvgIpc) is 3.30. The van der Waals surface area contributed by atoms with Gasteiger partial charge in [0.25, 0.3) is 10.0 Å². The van der Waals surface area contributed by atoms with Gasteiger partial charge in [-0.05, 0) is 43.7 Å². The van der Waals surface area contributed by atoms with Gasteiger partial charge in [-0.1, -0.05) is 54.8 Å². The molecule has 158 valence electrons. The molecule has 1 aliphatic rings. The zero-order valence-corrected chi connectivity index (χ0v) is 17.9. The van der Waals surface area contributed by atoms with Crippen LogP contribution in [0.3, 0.4) is 0 Å². The van der Waals surface area contributed by atoms with E-state index in [2.05, 4.69) is 21.8 Å². The largest absolute Gasteiger partial charge is 0.356 e. The normalized spacial score (nSPS) is 15.4. The molecular formula is C23H27N3O3S. The standard InChI is InChI=1S/C23H27N3O3S/c1-26(19-10-3-2-4-11-19)17-18-9-5-7-13-21(18)25-30(27,28)23-14-8-6-12-20(23)22-15-16-24-29-22/h5-9,12-16,19,25H,2-4,10-11,17H2,1H3. The molecule has 0 unspecified atom stereocenters. The number of benzene rings is 2. The zero-order valence-electron chi connectivity index (χ0n) is 17.1. The van der Waals surface area contributed by atoms with Gasteiger partial charge in [0.05, 0.1) is 16.8 Å². The Morgan fingerprint density at radius 2 is 1.77 bits per heavy atom. The van der Waals surface area contributed by atoms with E-state index >= 15 is 0 Å². The van der Waals surface area contributed by atoms with E-state index in [-0.39, 0.29) is 4.90 Å². The highest BCUT2D eigenvalue weighted by molar-refractivity contribution is 7.92. The maximum atomic E-state index is 13.3. The molecule has 7 heteroatoms. The fourth-order valence-corrected chi connectivity index (χ4v) is 5.45. The van der Waals surface area contributed by atoms with Gasteiger partial charge in [0.15, 0.2) is 5.76 Å². The van der Waals surface area contributed by atoms with Crippen LogP contribution in [0.5, 0.6) is 0 Å². The Hall–Kier alpha value is -2.64. The minimum Gasteiger partial charge on any atom is -0.356 e. The SMILES string of the molecule is CN(Cc1ccccc1NS(=O)(=O)c1ccccc1-c1ccno1)C1CCCCC1. The molecule has 1 aliphatic carbocycles. The number of hydrogen-bond acceptors (Lipinski definition) is 5. The van der Waals surface area contributed by atoms with Gasteiger partial charge in [-0.2, -0.15) is 0 Å². The summed E-state index contributed by atoms with van der Waals surface area (Å²) in [6.07, 6.45) is 7.75. The summed E-state index contributed by atoms with van der Waals surface area (Å²) < 4.78 is 34.5. The Morgan fingerprint density at radius 3 is 2.53 bits per heavy atom. The number of rotatable bonds is 7. The van der Waals surface area contributed by atoms with Crippen molar-refractivity contribution in [2.24, 2.45) is 0 Å². The minimum atomic E-state index is -3.81. The number of nitrogens with one attached hydrogen (secondary N) is 1. The van der Waals surface area contributed by atoms with Gasteiger partial charge in [-0.3, -0.25) is 9.62 Å². The lowest BCUT2D eigenvalue weighted by atomic mass is 9.94. The van der Waals surface area contributed by atoms with Crippen molar-refractivity contribution in [1.29, 1.82) is 0 Å². The molecule has 6 nitrogen and oxygen atoms in total. The van der Waals surface area contributed by atoms with E-state index < -0.39 is 10.0 Å². The predicted molar refractivity (Wildman–Crippen MR) is 118 cm³/mol. The van der Waals surface area contributed by atoms with E-state index in [0.717, 1.165) is 5.56 Å². The van der Waals surface area contributed by atoms with Crippen LogP contribution in [0.25, 0.3) is 11.3 Å². The highest BCUT2D eigenvalue weighted by Gasteiger charge is 2.23. The van der Waals surface area contributed by atoms with Crippen molar-refractivity contribution in [3.63, 3.8) is 0 Å². The summed E-state index contributed by atoms with van der Waals surface area (Å²) in [6, 6.07) is 16.6. The van der Waals surface area contributed by atoms with Gasteiger partial charge in [0, 0.05) is 24.2 Å². The molecule has 1 fully saturated rings. The number of sulfonamides is 1. The van der Waals surface area contributed by atoms with E-state index in [1.54, 1.807) is 30.3 Å². The topological polar surface area (TPSA) is 75.4 Å². The Morgan fingerprint density at radius 1 is 1.03 bits per heavy atom. The number of aromatic nitrogens is 1. The van der Waals surface area contributed by atoms with Crippen LogP contribution >= 0.6 is 0 Å². The van der Waals surface area contributed by atoms with E-state index in [1.165, 1.54) is 38.3 Å². The lowest BCUT2D eigenvalue weighted by Gasteiger charge is -2.31. The summed E-state index contributed by atoms with van der Waals surface area (Å²) in [4.78, 5) is 2.51. The van der Waals surface area contributed by atoms with Gasteiger partial charge >= 0.3 is 0 Å². The molecule has 1 N–H and O–H groups in total. The van der Waals surface area contributed by atoms with Crippen LogP contribution in [-0.4, -0.2) is 31.6 Å². The Bertz CT molecular complexity index is 1070. The molecule has 0 bridgehead atoms. The van der Waals surface area contributed by atoms with Crippen LogP contribution in [0.2, 0.25) is 0 Å². The van der Waals surface area contributed by atoms with E-state index in [0.29, 0.717) is 29.6 Å². The first kappa shape index (κ1) is 20.6. The maximum Gasteiger partial charge on any atom is 0.262 e. The van der Waals surface area contributed by atoms with Crippen molar-refractivity contribution < 1.29 is 12.9 Å². The number of nitrogens with zero attached hydrogens (tertiary/aromatic N) is 2. The summed E-state index contributed by atoms with van der Waals surface area (Å²) in [5.74, 6) is 0.418. The van der Waals surface area contributed by atoms with Gasteiger partial charge in [-0.25, -0.2) is 8.42 Å². The quantitative estimate of drug-likeness (QED) is 0.582. The molecule has 4 rings (SSSR count). The summed E-state index contributed by atoms with van der Waals surface area (Å²) in [7, 11) is -1.68. The second kappa shape index (κ2) is 9.02. The molecule has 0 amide bonds. The molecule has 0 aliphatic heterocycles. The number of para-hydroxylation sites is 1. The molecule has 0 radical (unpaired) electrons. The van der Waals surface area contributed by atoms with E-state index in [9.17, 15) is 8.42 Å². The average molecular weight is 426 g/mol. The summed E-state index contributed by atoms with van der Waals surface area (Å²) in [6.45, 7) is 0.701. The Balaban J connectivity index is 1.59. The highest BCUT2D eigenvalue weighted by atomic mass is 32.2. The fraction of sp³-hybridized carbons (Fsp3) is 0.348. The summed E-state index contributed by atoms with van der Waals surface area (Å²) >= 11 is 0. The van der Waals surface area contributed by atoms with Gasteiger partial charge in [0.2, 0.25) is 0 Å². The Labute approximate surface area is 177 Å². The third-order valence-electron chi connectivity index (χ3n) is 5.76. The van der Waals surface area contributed by atoms with Crippen LogP contribution in [0.15, 0.2) is 70.2 Å². The van der Waals surface area contributed by atoms with Crippen LogP contribution < -0.4 is 4.72 Å². The minimum absolute atomic E-state index is 0.164. The number of hydrogen-bond donors (Lipinski definition) is 1. The Kier molecular flexibility index (Phi) is 6.20. The first-order valence-corrected chi connectivity index (χ1v) is 11.8. The van der Waals surface area contributed by atoms with Crippen molar-refractivity contribution in [2.75, 3.05) is 11.8 Å². The lowest BCUT2D eigenvalue weighted by Crippen LogP contribution is -2.33. The van der Waals surface area contributed by atoms with Crippen molar-refractivity contribution in [1.82, 2.24) is 10.1 Å². The molecule has 3 aromatic rings. The second-order valence-corrected chi connectivity index (χ2v) is 9.49. The highest BCUT2D eigenvalue weighted by Crippen LogP contribution is 2.30. The van der Waals surface area contributed by atoms with Crippen molar-refractivity contribution in [3.8, 4) is 11.3 Å². The number of anilines is 1. The predicted octanol–water partition coefficient (Wildman–Crippen LogP) is 4.91. The molecular weight excluding hydrogens is 398 g/mol. The van der Waals surface area contributed by atoms with Crippen LogP contribution in [-0.2, 0) is 16.6 Å². The van der Waals surface area contributed by atoms with E-state index in [4.69, 9.17) is 4.52 Å². The fourth-order valence-electron chi connectivity index (χ4n) is 4.14. The van der Waals surface area contributed by atoms with Crippen molar-refractivity contribution in [2.45, 2.75) is 49.6 Å². The molecule has 0 spiro atoms. The maximum absolute atomic E-state index is 13.3. The van der Waals surface area contributed by atoms with Gasteiger partial charge in [-0.15, -0.1) is 0 Å². The van der Waals surface area contributed by atoms with Crippen LogP contribution in [0.1, 0.15) is 37.7 Å². The van der Waals surface area contributed by atoms with Crippen LogP contribution in [0.4, 0.5) is 5.69 Å². The van der Waals surface area contributed by atoms with Crippen LogP contribution in [0, 0.1) is 0 Å². The molecule has 30 heavy (non-hydrogen) atoms. The van der Waals surface area contributed by atoms with E-state index in [1.807, 2.05) is 24.3 Å². The van der Waals surface area contributed by atoms with Gasteiger partial charge in [0.1, 0.15) is 0 Å². The second-order valence-electron chi connectivity index (χ2n) is 7.84. The molecule has 0 saturated heterocycles. The third-order valence-corrected chi connectivity index (χ3v) is 7.18. The zero-order chi connectivity index (χ0) is 21.0. The third kappa shape index (κ3) is 4.57. The van der Waals surface area contributed by atoms with Crippen molar-refractivity contribution in [3.05, 3.63) is 66.4 Å². The lowest BCUT2D eigenvalue weighted by molar-refractivity contribution is 0.185. The first-order valence-electron chi connectivity index (χ1n) is 10.4. The molecule has 1 aromatic heterocycles. The van der Waals surface area contributed by atoms with Crippen molar-refractivity contribution >= 4 is 15.7 Å². The molecule has 2 aromatic carbocycles. The summed E-state index contributed by atoms with van der Waals surface area (Å²) in [5, 5.41) is 3.70. The van der Waals surface area contributed by atoms with Gasteiger partial charge < -0.3 is 4.52 Å². The monoisotopic (exact) mass is 425 g/mol. The smallest absolute Gasteiger partial charge is 0.262 e. The first-order chi connectivity index (χ1) is 14.5. The molecule has 1 heterocycles.